The summed E-state index contributed by atoms with van der Waals surface area (Å²) in [7, 11) is 0. The van der Waals surface area contributed by atoms with Gasteiger partial charge in [-0.15, -0.1) is 10.2 Å². The zero-order valence-electron chi connectivity index (χ0n) is 14.9. The maximum atomic E-state index is 12.3. The van der Waals surface area contributed by atoms with E-state index in [2.05, 4.69) is 25.6 Å². The Hall–Kier alpha value is -3.46. The smallest absolute Gasteiger partial charge is 0.279 e. The lowest BCUT2D eigenvalue weighted by Crippen LogP contribution is -2.16. The second kappa shape index (κ2) is 7.65. The number of hydrogen-bond donors (Lipinski definition) is 2. The summed E-state index contributed by atoms with van der Waals surface area (Å²) in [5.74, 6) is 0.195. The number of aromatic amines is 1. The first-order valence-electron chi connectivity index (χ1n) is 8.50. The number of amides is 1. The highest BCUT2D eigenvalue weighted by Gasteiger charge is 2.14. The molecule has 0 unspecified atom stereocenters. The summed E-state index contributed by atoms with van der Waals surface area (Å²) < 4.78 is 1.44. The molecule has 0 fully saturated rings. The number of nitrogens with zero attached hydrogens (tertiary/aromatic N) is 4. The highest BCUT2D eigenvalue weighted by Crippen LogP contribution is 2.18. The van der Waals surface area contributed by atoms with Gasteiger partial charge in [-0.25, -0.2) is 0 Å². The van der Waals surface area contributed by atoms with Gasteiger partial charge in [0.25, 0.3) is 11.3 Å². The molecule has 0 saturated carbocycles. The Morgan fingerprint density at radius 3 is 2.61 bits per heavy atom. The van der Waals surface area contributed by atoms with Crippen molar-refractivity contribution in [2.75, 3.05) is 11.1 Å². The first kappa shape index (κ1) is 17.9. The number of thioether (sulfide) groups is 1. The van der Waals surface area contributed by atoms with Gasteiger partial charge in [0.1, 0.15) is 0 Å². The van der Waals surface area contributed by atoms with Crippen LogP contribution < -0.4 is 10.9 Å². The van der Waals surface area contributed by atoms with E-state index in [0.717, 1.165) is 11.3 Å². The zero-order valence-corrected chi connectivity index (χ0v) is 15.7. The number of aryl methyl sites for hydroxylation is 1. The second-order valence-corrected chi connectivity index (χ2v) is 7.03. The number of anilines is 1. The van der Waals surface area contributed by atoms with Crippen LogP contribution in [0.15, 0.2) is 64.5 Å². The van der Waals surface area contributed by atoms with Crippen LogP contribution in [0, 0.1) is 6.92 Å². The molecular formula is C19H16N6O2S. The van der Waals surface area contributed by atoms with E-state index in [9.17, 15) is 9.59 Å². The first-order chi connectivity index (χ1) is 13.6. The molecule has 4 rings (SSSR count). The summed E-state index contributed by atoms with van der Waals surface area (Å²) in [5, 5.41) is 15.6. The molecule has 9 heteroatoms. The normalized spacial score (nSPS) is 10.9. The van der Waals surface area contributed by atoms with Crippen LogP contribution in [0.25, 0.3) is 17.0 Å². The lowest BCUT2D eigenvalue weighted by atomic mass is 10.2. The molecule has 2 aromatic heterocycles. The fraction of sp³-hybridized carbons (Fsp3) is 0.105. The molecule has 0 aliphatic heterocycles. The Bertz CT molecular complexity index is 1180. The van der Waals surface area contributed by atoms with Crippen LogP contribution >= 0.6 is 11.8 Å². The van der Waals surface area contributed by atoms with Crippen LogP contribution in [0.2, 0.25) is 0 Å². The zero-order chi connectivity index (χ0) is 19.5. The largest absolute Gasteiger partial charge is 0.325 e. The third-order valence-electron chi connectivity index (χ3n) is 3.97. The van der Waals surface area contributed by atoms with E-state index in [1.807, 2.05) is 49.4 Å². The average Bonchev–Trinajstić information content (AvgIpc) is 3.10. The van der Waals surface area contributed by atoms with Gasteiger partial charge in [-0.1, -0.05) is 59.8 Å². The van der Waals surface area contributed by atoms with Crippen LogP contribution in [0.1, 0.15) is 5.56 Å². The molecule has 0 bridgehead atoms. The predicted octanol–water partition coefficient (Wildman–Crippen LogP) is 2.52. The Morgan fingerprint density at radius 1 is 1.11 bits per heavy atom. The van der Waals surface area contributed by atoms with Gasteiger partial charge in [0, 0.05) is 11.3 Å². The van der Waals surface area contributed by atoms with E-state index >= 15 is 0 Å². The van der Waals surface area contributed by atoms with Crippen molar-refractivity contribution in [2.45, 2.75) is 12.1 Å². The summed E-state index contributed by atoms with van der Waals surface area (Å²) in [4.78, 5) is 27.1. The van der Waals surface area contributed by atoms with Crippen LogP contribution in [0.5, 0.6) is 0 Å². The monoisotopic (exact) mass is 392 g/mol. The maximum Gasteiger partial charge on any atom is 0.279 e. The van der Waals surface area contributed by atoms with Gasteiger partial charge >= 0.3 is 0 Å². The van der Waals surface area contributed by atoms with Gasteiger partial charge in [-0.2, -0.15) is 9.61 Å². The van der Waals surface area contributed by atoms with Crippen molar-refractivity contribution >= 4 is 29.1 Å². The molecule has 2 aromatic carbocycles. The summed E-state index contributed by atoms with van der Waals surface area (Å²) in [5.41, 5.74) is 2.46. The first-order valence-corrected chi connectivity index (χ1v) is 9.49. The minimum atomic E-state index is -0.347. The van der Waals surface area contributed by atoms with Crippen molar-refractivity contribution in [2.24, 2.45) is 0 Å². The Labute approximate surface area is 164 Å². The SMILES string of the molecule is Cc1ccc(NC(=O)CSc2nnc3[nH]c(=O)c(-c4ccccc4)nn23)cc1. The molecule has 140 valence electrons. The van der Waals surface area contributed by atoms with Crippen LogP contribution in [-0.4, -0.2) is 36.5 Å². The number of carbonyl (C=O) groups excluding carboxylic acids is 1. The minimum Gasteiger partial charge on any atom is -0.325 e. The van der Waals surface area contributed by atoms with E-state index < -0.39 is 0 Å². The van der Waals surface area contributed by atoms with E-state index in [4.69, 9.17) is 0 Å². The van der Waals surface area contributed by atoms with E-state index in [-0.39, 0.29) is 28.7 Å². The molecule has 28 heavy (non-hydrogen) atoms. The fourth-order valence-electron chi connectivity index (χ4n) is 2.58. The fourth-order valence-corrected chi connectivity index (χ4v) is 3.26. The number of nitrogens with one attached hydrogen (secondary N) is 2. The highest BCUT2D eigenvalue weighted by atomic mass is 32.2. The predicted molar refractivity (Wildman–Crippen MR) is 107 cm³/mol. The van der Waals surface area contributed by atoms with Crippen molar-refractivity contribution < 1.29 is 4.79 Å². The molecule has 4 aromatic rings. The third kappa shape index (κ3) is 3.79. The quantitative estimate of drug-likeness (QED) is 0.506. The molecule has 0 radical (unpaired) electrons. The molecule has 1 amide bonds. The van der Waals surface area contributed by atoms with Gasteiger partial charge < -0.3 is 5.32 Å². The summed E-state index contributed by atoms with van der Waals surface area (Å²) in [6.07, 6.45) is 0. The van der Waals surface area contributed by atoms with E-state index in [1.54, 1.807) is 12.1 Å². The van der Waals surface area contributed by atoms with Crippen molar-refractivity contribution in [3.05, 3.63) is 70.5 Å². The lowest BCUT2D eigenvalue weighted by molar-refractivity contribution is -0.113. The Morgan fingerprint density at radius 2 is 1.86 bits per heavy atom. The van der Waals surface area contributed by atoms with Gasteiger partial charge in [0.2, 0.25) is 11.1 Å². The molecule has 8 nitrogen and oxygen atoms in total. The molecule has 2 heterocycles. The van der Waals surface area contributed by atoms with Gasteiger partial charge in [-0.05, 0) is 19.1 Å². The third-order valence-corrected chi connectivity index (χ3v) is 4.89. The average molecular weight is 392 g/mol. The van der Waals surface area contributed by atoms with Crippen LogP contribution in [-0.2, 0) is 4.79 Å². The van der Waals surface area contributed by atoms with Crippen molar-refractivity contribution in [1.29, 1.82) is 0 Å². The number of aromatic nitrogens is 5. The lowest BCUT2D eigenvalue weighted by Gasteiger charge is -2.05. The molecule has 2 N–H and O–H groups in total. The van der Waals surface area contributed by atoms with Crippen molar-refractivity contribution in [3.63, 3.8) is 0 Å². The van der Waals surface area contributed by atoms with E-state index in [1.165, 1.54) is 16.3 Å². The summed E-state index contributed by atoms with van der Waals surface area (Å²) in [6.45, 7) is 1.99. The maximum absolute atomic E-state index is 12.3. The summed E-state index contributed by atoms with van der Waals surface area (Å²) >= 11 is 1.19. The van der Waals surface area contributed by atoms with E-state index in [0.29, 0.717) is 10.7 Å². The van der Waals surface area contributed by atoms with Gasteiger partial charge in [0.05, 0.1) is 5.75 Å². The van der Waals surface area contributed by atoms with Crippen molar-refractivity contribution in [1.82, 2.24) is 24.8 Å². The van der Waals surface area contributed by atoms with Gasteiger partial charge in [0.15, 0.2) is 5.69 Å². The molecule has 0 aliphatic carbocycles. The van der Waals surface area contributed by atoms with Crippen molar-refractivity contribution in [3.8, 4) is 11.3 Å². The number of benzene rings is 2. The second-order valence-electron chi connectivity index (χ2n) is 6.09. The topological polar surface area (TPSA) is 105 Å². The summed E-state index contributed by atoms with van der Waals surface area (Å²) in [6, 6.07) is 16.7. The minimum absolute atomic E-state index is 0.135. The number of carbonyl (C=O) groups is 1. The molecule has 0 atom stereocenters. The number of rotatable bonds is 5. The number of hydrogen-bond acceptors (Lipinski definition) is 6. The molecule has 0 spiro atoms. The number of H-pyrrole nitrogens is 1. The van der Waals surface area contributed by atoms with Gasteiger partial charge in [-0.3, -0.25) is 14.6 Å². The standard InChI is InChI=1S/C19H16N6O2S/c1-12-7-9-14(10-8-12)20-15(26)11-28-19-23-22-18-21-17(27)16(24-25(18)19)13-5-3-2-4-6-13/h2-10H,11H2,1H3,(H,20,26)(H,21,22,27). The van der Waals surface area contributed by atoms with Crippen LogP contribution in [0.4, 0.5) is 5.69 Å². The molecule has 0 aliphatic rings. The van der Waals surface area contributed by atoms with Crippen LogP contribution in [0.3, 0.4) is 0 Å². The Balaban J connectivity index is 1.53. The molecule has 0 saturated heterocycles. The molecular weight excluding hydrogens is 376 g/mol. The highest BCUT2D eigenvalue weighted by molar-refractivity contribution is 7.99. The number of fused-ring (bicyclic) bond motifs is 1. The Kier molecular flexibility index (Phi) is 4.90.